The Morgan fingerprint density at radius 3 is 2.78 bits per heavy atom. The first-order chi connectivity index (χ1) is 8.69. The third-order valence-electron chi connectivity index (χ3n) is 2.40. The highest BCUT2D eigenvalue weighted by atomic mass is 79.9. The molecule has 0 saturated carbocycles. The van der Waals surface area contributed by atoms with E-state index in [1.165, 1.54) is 0 Å². The smallest absolute Gasteiger partial charge is 0.136 e. The third kappa shape index (κ3) is 3.20. The Morgan fingerprint density at radius 2 is 2.06 bits per heavy atom. The van der Waals surface area contributed by atoms with Gasteiger partial charge in [0.15, 0.2) is 0 Å². The van der Waals surface area contributed by atoms with Crippen LogP contribution in [0.1, 0.15) is 19.2 Å². The minimum absolute atomic E-state index is 0.489. The Morgan fingerprint density at radius 1 is 1.28 bits per heavy atom. The minimum atomic E-state index is 0.489. The summed E-state index contributed by atoms with van der Waals surface area (Å²) < 4.78 is 0.985. The molecular formula is C13H15BrN4. The lowest BCUT2D eigenvalue weighted by Gasteiger charge is -2.09. The molecule has 1 aromatic heterocycles. The van der Waals surface area contributed by atoms with Gasteiger partial charge in [0.25, 0.3) is 0 Å². The van der Waals surface area contributed by atoms with E-state index in [1.807, 2.05) is 24.3 Å². The summed E-state index contributed by atoms with van der Waals surface area (Å²) in [6, 6.07) is 9.61. The molecular weight excluding hydrogens is 292 g/mol. The van der Waals surface area contributed by atoms with E-state index in [0.717, 1.165) is 34.6 Å². The van der Waals surface area contributed by atoms with Crippen LogP contribution in [-0.2, 0) is 6.42 Å². The number of nitrogens with one attached hydrogen (secondary N) is 1. The quantitative estimate of drug-likeness (QED) is 0.907. The molecule has 1 aromatic carbocycles. The molecule has 0 unspecified atom stereocenters. The highest BCUT2D eigenvalue weighted by Gasteiger charge is 2.04. The maximum absolute atomic E-state index is 5.78. The topological polar surface area (TPSA) is 63.8 Å². The summed E-state index contributed by atoms with van der Waals surface area (Å²) in [5.41, 5.74) is 6.74. The van der Waals surface area contributed by atoms with Crippen LogP contribution in [0.25, 0.3) is 0 Å². The van der Waals surface area contributed by atoms with Gasteiger partial charge in [-0.15, -0.1) is 0 Å². The normalized spacial score (nSPS) is 10.3. The van der Waals surface area contributed by atoms with E-state index in [1.54, 1.807) is 6.07 Å². The fourth-order valence-corrected chi connectivity index (χ4v) is 2.00. The molecule has 0 radical (unpaired) electrons. The Kier molecular flexibility index (Phi) is 4.15. The van der Waals surface area contributed by atoms with Crippen molar-refractivity contribution in [3.8, 4) is 0 Å². The maximum atomic E-state index is 5.78. The molecule has 0 aliphatic carbocycles. The Bertz CT molecular complexity index is 542. The van der Waals surface area contributed by atoms with E-state index in [-0.39, 0.29) is 0 Å². The Labute approximate surface area is 115 Å². The zero-order valence-electron chi connectivity index (χ0n) is 10.2. The standard InChI is InChI=1S/C13H15BrN4/c1-2-5-12-17-11(15)8-13(18-12)16-10-7-4-3-6-9(10)14/h3-4,6-8H,2,5H2,1H3,(H3,15,16,17,18). The molecule has 0 bridgehead atoms. The summed E-state index contributed by atoms with van der Waals surface area (Å²) in [4.78, 5) is 8.64. The number of hydrogen-bond donors (Lipinski definition) is 2. The molecule has 5 heteroatoms. The lowest BCUT2D eigenvalue weighted by molar-refractivity contribution is 0.839. The largest absolute Gasteiger partial charge is 0.384 e. The van der Waals surface area contributed by atoms with Crippen molar-refractivity contribution < 1.29 is 0 Å². The van der Waals surface area contributed by atoms with Gasteiger partial charge >= 0.3 is 0 Å². The number of aryl methyl sites for hydroxylation is 1. The number of rotatable bonds is 4. The lowest BCUT2D eigenvalue weighted by Crippen LogP contribution is -2.03. The van der Waals surface area contributed by atoms with Crippen LogP contribution in [0.15, 0.2) is 34.8 Å². The van der Waals surface area contributed by atoms with Gasteiger partial charge < -0.3 is 11.1 Å². The predicted octanol–water partition coefficient (Wildman–Crippen LogP) is 3.52. The van der Waals surface area contributed by atoms with Crippen LogP contribution in [0.4, 0.5) is 17.3 Å². The van der Waals surface area contributed by atoms with Crippen LogP contribution in [0, 0.1) is 0 Å². The van der Waals surface area contributed by atoms with Gasteiger partial charge in [-0.25, -0.2) is 9.97 Å². The van der Waals surface area contributed by atoms with Crippen molar-refractivity contribution in [1.29, 1.82) is 0 Å². The number of halogens is 1. The van der Waals surface area contributed by atoms with Crippen molar-refractivity contribution in [2.75, 3.05) is 11.1 Å². The van der Waals surface area contributed by atoms with E-state index < -0.39 is 0 Å². The highest BCUT2D eigenvalue weighted by Crippen LogP contribution is 2.25. The molecule has 0 aliphatic rings. The fourth-order valence-electron chi connectivity index (χ4n) is 1.62. The first-order valence-corrected chi connectivity index (χ1v) is 6.63. The number of hydrogen-bond acceptors (Lipinski definition) is 4. The minimum Gasteiger partial charge on any atom is -0.384 e. The number of nitrogens with zero attached hydrogens (tertiary/aromatic N) is 2. The molecule has 0 spiro atoms. The fraction of sp³-hybridized carbons (Fsp3) is 0.231. The first kappa shape index (κ1) is 12.8. The van der Waals surface area contributed by atoms with Crippen molar-refractivity contribution in [2.24, 2.45) is 0 Å². The average molecular weight is 307 g/mol. The molecule has 2 rings (SSSR count). The lowest BCUT2D eigenvalue weighted by atomic mass is 10.3. The van der Waals surface area contributed by atoms with Crippen LogP contribution in [0.5, 0.6) is 0 Å². The predicted molar refractivity (Wildman–Crippen MR) is 77.9 cm³/mol. The number of benzene rings is 1. The van der Waals surface area contributed by atoms with Gasteiger partial charge in [-0.05, 0) is 34.5 Å². The summed E-state index contributed by atoms with van der Waals surface area (Å²) >= 11 is 3.48. The monoisotopic (exact) mass is 306 g/mol. The van der Waals surface area contributed by atoms with Crippen molar-refractivity contribution >= 4 is 33.3 Å². The number of nitrogen functional groups attached to an aromatic ring is 1. The summed E-state index contributed by atoms with van der Waals surface area (Å²) in [7, 11) is 0. The molecule has 0 aliphatic heterocycles. The van der Waals surface area contributed by atoms with Gasteiger partial charge in [-0.3, -0.25) is 0 Å². The number of anilines is 3. The second-order valence-corrected chi connectivity index (χ2v) is 4.80. The highest BCUT2D eigenvalue weighted by molar-refractivity contribution is 9.10. The summed E-state index contributed by atoms with van der Waals surface area (Å²) in [6.07, 6.45) is 1.83. The van der Waals surface area contributed by atoms with Gasteiger partial charge in [-0.2, -0.15) is 0 Å². The number of para-hydroxylation sites is 1. The van der Waals surface area contributed by atoms with E-state index in [0.29, 0.717) is 5.82 Å². The molecule has 0 atom stereocenters. The maximum Gasteiger partial charge on any atom is 0.136 e. The van der Waals surface area contributed by atoms with Gasteiger partial charge in [0.2, 0.25) is 0 Å². The van der Waals surface area contributed by atoms with Crippen LogP contribution in [-0.4, -0.2) is 9.97 Å². The van der Waals surface area contributed by atoms with Gasteiger partial charge in [0, 0.05) is 17.0 Å². The second kappa shape index (κ2) is 5.82. The van der Waals surface area contributed by atoms with Gasteiger partial charge in [0.1, 0.15) is 17.5 Å². The van der Waals surface area contributed by atoms with E-state index >= 15 is 0 Å². The summed E-state index contributed by atoms with van der Waals surface area (Å²) in [5.74, 6) is 1.98. The van der Waals surface area contributed by atoms with Gasteiger partial charge in [0.05, 0.1) is 5.69 Å². The van der Waals surface area contributed by atoms with Crippen LogP contribution in [0.2, 0.25) is 0 Å². The number of aromatic nitrogens is 2. The SMILES string of the molecule is CCCc1nc(N)cc(Nc2ccccc2Br)n1. The van der Waals surface area contributed by atoms with Crippen LogP contribution < -0.4 is 11.1 Å². The Hall–Kier alpha value is -1.62. The van der Waals surface area contributed by atoms with Gasteiger partial charge in [-0.1, -0.05) is 19.1 Å². The van der Waals surface area contributed by atoms with Crippen molar-refractivity contribution in [2.45, 2.75) is 19.8 Å². The molecule has 0 saturated heterocycles. The average Bonchev–Trinajstić information content (AvgIpc) is 2.32. The molecule has 1 heterocycles. The zero-order valence-corrected chi connectivity index (χ0v) is 11.7. The molecule has 94 valence electrons. The van der Waals surface area contributed by atoms with Crippen LogP contribution in [0.3, 0.4) is 0 Å². The van der Waals surface area contributed by atoms with E-state index in [4.69, 9.17) is 5.73 Å². The van der Waals surface area contributed by atoms with E-state index in [9.17, 15) is 0 Å². The second-order valence-electron chi connectivity index (χ2n) is 3.95. The van der Waals surface area contributed by atoms with Crippen molar-refractivity contribution in [3.63, 3.8) is 0 Å². The van der Waals surface area contributed by atoms with Crippen molar-refractivity contribution in [1.82, 2.24) is 9.97 Å². The van der Waals surface area contributed by atoms with Crippen molar-refractivity contribution in [3.05, 3.63) is 40.6 Å². The summed E-state index contributed by atoms with van der Waals surface area (Å²) in [5, 5.41) is 3.23. The molecule has 4 nitrogen and oxygen atoms in total. The first-order valence-electron chi connectivity index (χ1n) is 5.84. The summed E-state index contributed by atoms with van der Waals surface area (Å²) in [6.45, 7) is 2.09. The Balaban J connectivity index is 2.26. The molecule has 0 amide bonds. The molecule has 0 fully saturated rings. The van der Waals surface area contributed by atoms with Crippen LogP contribution >= 0.6 is 15.9 Å². The molecule has 18 heavy (non-hydrogen) atoms. The number of nitrogens with two attached hydrogens (primary N) is 1. The zero-order chi connectivity index (χ0) is 13.0. The molecule has 2 aromatic rings. The molecule has 3 N–H and O–H groups in total. The third-order valence-corrected chi connectivity index (χ3v) is 3.09. The van der Waals surface area contributed by atoms with E-state index in [2.05, 4.69) is 38.1 Å².